The lowest BCUT2D eigenvalue weighted by molar-refractivity contribution is -0.0414. The van der Waals surface area contributed by atoms with E-state index >= 15 is 0 Å². The van der Waals surface area contributed by atoms with Crippen LogP contribution >= 0.6 is 11.8 Å². The van der Waals surface area contributed by atoms with Crippen LogP contribution in [0.1, 0.15) is 26.2 Å². The summed E-state index contributed by atoms with van der Waals surface area (Å²) in [6.07, 6.45) is 6.73. The van der Waals surface area contributed by atoms with E-state index in [-0.39, 0.29) is 17.6 Å². The summed E-state index contributed by atoms with van der Waals surface area (Å²) in [5, 5.41) is 0.661. The number of methoxy groups -OCH3 is 1. The van der Waals surface area contributed by atoms with Gasteiger partial charge in [-0.15, -0.1) is 0 Å². The van der Waals surface area contributed by atoms with E-state index in [0.29, 0.717) is 42.8 Å². The highest BCUT2D eigenvalue weighted by Gasteiger charge is 2.47. The molecule has 4 aliphatic heterocycles. The SMILES string of the molecule is COCOCC1C[C@H]2COc3c(Sc4ncc(N5CCC6(CC5)CO[C@@H](C)[C@H]6N)nc4N)ccnc3N2C1. The predicted octanol–water partition coefficient (Wildman–Crippen LogP) is 2.15. The van der Waals surface area contributed by atoms with Crippen LogP contribution in [0.4, 0.5) is 17.5 Å². The molecular weight excluding hydrogens is 506 g/mol. The van der Waals surface area contributed by atoms with Crippen LogP contribution in [0.3, 0.4) is 0 Å². The van der Waals surface area contributed by atoms with E-state index in [1.54, 1.807) is 7.11 Å². The quantitative estimate of drug-likeness (QED) is 0.391. The Kier molecular flexibility index (Phi) is 7.25. The average Bonchev–Trinajstić information content (AvgIpc) is 3.47. The molecule has 6 heterocycles. The number of hydrogen-bond donors (Lipinski definition) is 2. The summed E-state index contributed by atoms with van der Waals surface area (Å²) in [7, 11) is 1.64. The molecule has 2 aromatic heterocycles. The monoisotopic (exact) mass is 543 g/mol. The number of nitrogens with two attached hydrogens (primary N) is 2. The Labute approximate surface area is 227 Å². The molecule has 4 atom stereocenters. The molecule has 6 rings (SSSR count). The zero-order chi connectivity index (χ0) is 26.3. The largest absolute Gasteiger partial charge is 0.486 e. The van der Waals surface area contributed by atoms with Gasteiger partial charge >= 0.3 is 0 Å². The van der Waals surface area contributed by atoms with Gasteiger partial charge in [-0.25, -0.2) is 15.0 Å². The summed E-state index contributed by atoms with van der Waals surface area (Å²) in [5.41, 5.74) is 13.0. The number of hydrogen-bond acceptors (Lipinski definition) is 12. The maximum Gasteiger partial charge on any atom is 0.175 e. The Morgan fingerprint density at radius 3 is 2.84 bits per heavy atom. The van der Waals surface area contributed by atoms with Gasteiger partial charge in [0.1, 0.15) is 24.2 Å². The van der Waals surface area contributed by atoms with Crippen molar-refractivity contribution in [3.8, 4) is 5.75 Å². The fourth-order valence-corrected chi connectivity index (χ4v) is 7.08. The van der Waals surface area contributed by atoms with Crippen molar-refractivity contribution in [1.29, 1.82) is 0 Å². The number of nitrogens with zero attached hydrogens (tertiary/aromatic N) is 5. The van der Waals surface area contributed by atoms with Crippen LogP contribution in [0, 0.1) is 11.3 Å². The predicted molar refractivity (Wildman–Crippen MR) is 145 cm³/mol. The van der Waals surface area contributed by atoms with E-state index < -0.39 is 0 Å². The summed E-state index contributed by atoms with van der Waals surface area (Å²) in [6, 6.07) is 2.33. The van der Waals surface area contributed by atoms with Gasteiger partial charge in [-0.1, -0.05) is 11.8 Å². The molecule has 38 heavy (non-hydrogen) atoms. The molecule has 0 bridgehead atoms. The summed E-state index contributed by atoms with van der Waals surface area (Å²) < 4.78 is 22.7. The van der Waals surface area contributed by atoms with Crippen molar-refractivity contribution in [3.05, 3.63) is 18.5 Å². The minimum atomic E-state index is 0.0659. The summed E-state index contributed by atoms with van der Waals surface area (Å²) >= 11 is 1.47. The van der Waals surface area contributed by atoms with Gasteiger partial charge < -0.3 is 40.2 Å². The lowest BCUT2D eigenvalue weighted by Gasteiger charge is -2.41. The van der Waals surface area contributed by atoms with E-state index in [0.717, 1.165) is 67.8 Å². The number of ether oxygens (including phenoxy) is 4. The van der Waals surface area contributed by atoms with Crippen molar-refractivity contribution in [2.24, 2.45) is 17.1 Å². The molecule has 12 heteroatoms. The van der Waals surface area contributed by atoms with Crippen molar-refractivity contribution in [2.45, 2.75) is 54.3 Å². The van der Waals surface area contributed by atoms with Gasteiger partial charge in [0.15, 0.2) is 17.4 Å². The smallest absolute Gasteiger partial charge is 0.175 e. The number of rotatable bonds is 7. The van der Waals surface area contributed by atoms with Crippen molar-refractivity contribution in [1.82, 2.24) is 15.0 Å². The zero-order valence-corrected chi connectivity index (χ0v) is 22.9. The van der Waals surface area contributed by atoms with E-state index in [1.807, 2.05) is 18.5 Å². The number of aromatic nitrogens is 3. The maximum atomic E-state index is 6.48. The second-order valence-corrected chi connectivity index (χ2v) is 11.9. The zero-order valence-electron chi connectivity index (χ0n) is 22.0. The molecule has 0 aliphatic carbocycles. The van der Waals surface area contributed by atoms with E-state index in [4.69, 9.17) is 40.4 Å². The Balaban J connectivity index is 1.13. The second-order valence-electron chi connectivity index (χ2n) is 10.9. The molecule has 4 aliphatic rings. The van der Waals surface area contributed by atoms with Crippen LogP contribution in [-0.2, 0) is 14.2 Å². The fraction of sp³-hybridized carbons (Fsp3) is 0.654. The molecule has 3 fully saturated rings. The molecule has 0 aromatic carbocycles. The Morgan fingerprint density at radius 1 is 1.26 bits per heavy atom. The third-order valence-corrected chi connectivity index (χ3v) is 9.53. The minimum Gasteiger partial charge on any atom is -0.486 e. The van der Waals surface area contributed by atoms with Gasteiger partial charge in [-0.2, -0.15) is 0 Å². The summed E-state index contributed by atoms with van der Waals surface area (Å²) in [5.74, 6) is 3.29. The molecule has 4 N–H and O–H groups in total. The van der Waals surface area contributed by atoms with Crippen molar-refractivity contribution in [3.63, 3.8) is 0 Å². The van der Waals surface area contributed by atoms with Crippen LogP contribution in [-0.4, -0.2) is 86.5 Å². The highest BCUT2D eigenvalue weighted by atomic mass is 32.2. The Hall–Kier alpha value is -2.38. The highest BCUT2D eigenvalue weighted by molar-refractivity contribution is 7.99. The van der Waals surface area contributed by atoms with Crippen LogP contribution in [0.25, 0.3) is 0 Å². The topological polar surface area (TPSA) is 134 Å². The number of piperidine rings is 1. The average molecular weight is 544 g/mol. The Bertz CT molecular complexity index is 1150. The molecule has 0 amide bonds. The minimum absolute atomic E-state index is 0.0659. The van der Waals surface area contributed by atoms with Gasteiger partial charge in [0, 0.05) is 50.3 Å². The summed E-state index contributed by atoms with van der Waals surface area (Å²) in [6.45, 7) is 7.03. The molecule has 0 saturated carbocycles. The first kappa shape index (κ1) is 25.9. The van der Waals surface area contributed by atoms with E-state index in [9.17, 15) is 0 Å². The first-order valence-electron chi connectivity index (χ1n) is 13.3. The molecular formula is C26H37N7O4S. The molecule has 3 saturated heterocycles. The molecule has 1 spiro atoms. The fourth-order valence-electron chi connectivity index (χ4n) is 6.24. The van der Waals surface area contributed by atoms with Gasteiger partial charge in [0.2, 0.25) is 0 Å². The highest BCUT2D eigenvalue weighted by Crippen LogP contribution is 2.46. The molecule has 1 unspecified atom stereocenters. The van der Waals surface area contributed by atoms with Crippen molar-refractivity contribution < 1.29 is 18.9 Å². The number of anilines is 3. The van der Waals surface area contributed by atoms with Crippen molar-refractivity contribution in [2.75, 3.05) is 68.9 Å². The lowest BCUT2D eigenvalue weighted by Crippen LogP contribution is -2.50. The summed E-state index contributed by atoms with van der Waals surface area (Å²) in [4.78, 5) is 19.6. The third kappa shape index (κ3) is 4.77. The molecule has 11 nitrogen and oxygen atoms in total. The maximum absolute atomic E-state index is 6.48. The standard InChI is InChI=1S/C26H37N7O4S/c1-16-22(27)26(14-37-16)4-7-32(8-5-26)20-10-30-25(23(28)31-20)38-19-3-6-29-24-21(19)36-13-18-9-17(11-33(18)24)12-35-15-34-2/h3,6,10,16-18,22H,4-5,7-9,11-15,27H2,1-2H3,(H2,28,31)/t16-,17?,18-,22+/m0/s1. The van der Waals surface area contributed by atoms with E-state index in [2.05, 4.69) is 21.7 Å². The normalized spacial score (nSPS) is 27.9. The second kappa shape index (κ2) is 10.6. The van der Waals surface area contributed by atoms with Crippen LogP contribution in [0.2, 0.25) is 0 Å². The number of fused-ring (bicyclic) bond motifs is 3. The van der Waals surface area contributed by atoms with E-state index in [1.165, 1.54) is 11.8 Å². The number of nitrogen functional groups attached to an aromatic ring is 1. The lowest BCUT2D eigenvalue weighted by atomic mass is 9.73. The van der Waals surface area contributed by atoms with Crippen LogP contribution in [0.15, 0.2) is 28.4 Å². The first-order valence-corrected chi connectivity index (χ1v) is 14.2. The Morgan fingerprint density at radius 2 is 2.11 bits per heavy atom. The molecule has 0 radical (unpaired) electrons. The molecule has 206 valence electrons. The van der Waals surface area contributed by atoms with Crippen LogP contribution < -0.4 is 26.0 Å². The third-order valence-electron chi connectivity index (χ3n) is 8.49. The van der Waals surface area contributed by atoms with Gasteiger partial charge in [-0.05, 0) is 32.3 Å². The first-order chi connectivity index (χ1) is 18.5. The molecule has 2 aromatic rings. The van der Waals surface area contributed by atoms with Crippen molar-refractivity contribution >= 4 is 29.2 Å². The van der Waals surface area contributed by atoms with Gasteiger partial charge in [0.25, 0.3) is 0 Å². The van der Waals surface area contributed by atoms with Gasteiger partial charge in [0.05, 0.1) is 36.5 Å². The van der Waals surface area contributed by atoms with Crippen LogP contribution in [0.5, 0.6) is 5.75 Å². The number of pyridine rings is 1. The van der Waals surface area contributed by atoms with Gasteiger partial charge in [-0.3, -0.25) is 0 Å².